The molecule has 0 saturated heterocycles. The Kier molecular flexibility index (Phi) is 5.23. The first-order chi connectivity index (χ1) is 11.0. The highest BCUT2D eigenvalue weighted by Gasteiger charge is 2.20. The number of methoxy groups -OCH3 is 2. The lowest BCUT2D eigenvalue weighted by molar-refractivity contribution is 0.0489. The molecule has 0 saturated carbocycles. The number of carbonyl (C=O) groups excluding carboxylic acids is 1. The van der Waals surface area contributed by atoms with Crippen molar-refractivity contribution in [3.63, 3.8) is 0 Å². The van der Waals surface area contributed by atoms with Gasteiger partial charge in [0, 0.05) is 18.7 Å². The molecule has 124 valence electrons. The lowest BCUT2D eigenvalue weighted by Crippen LogP contribution is -2.15. The predicted molar refractivity (Wildman–Crippen MR) is 82.2 cm³/mol. The van der Waals surface area contributed by atoms with E-state index in [2.05, 4.69) is 0 Å². The van der Waals surface area contributed by atoms with E-state index in [0.717, 1.165) is 0 Å². The fourth-order valence-corrected chi connectivity index (χ4v) is 2.08. The molecular weight excluding hydrogens is 304 g/mol. The van der Waals surface area contributed by atoms with Crippen LogP contribution >= 0.6 is 0 Å². The van der Waals surface area contributed by atoms with Crippen LogP contribution in [0.15, 0.2) is 21.3 Å². The summed E-state index contributed by atoms with van der Waals surface area (Å²) in [7, 11) is 2.94. The Morgan fingerprint density at radius 2 is 1.96 bits per heavy atom. The molecule has 2 aromatic rings. The van der Waals surface area contributed by atoms with Crippen LogP contribution in [0.1, 0.15) is 23.0 Å². The summed E-state index contributed by atoms with van der Waals surface area (Å²) < 4.78 is 25.9. The highest BCUT2D eigenvalue weighted by molar-refractivity contribution is 5.91. The van der Waals surface area contributed by atoms with Crippen molar-refractivity contribution in [2.45, 2.75) is 13.8 Å². The Balaban J connectivity index is 2.65. The third-order valence-electron chi connectivity index (χ3n) is 3.20. The third-order valence-corrected chi connectivity index (χ3v) is 3.20. The van der Waals surface area contributed by atoms with Crippen molar-refractivity contribution in [3.05, 3.63) is 33.7 Å². The second kappa shape index (κ2) is 7.15. The number of benzene rings is 1. The summed E-state index contributed by atoms with van der Waals surface area (Å²) in [4.78, 5) is 24.4. The fourth-order valence-electron chi connectivity index (χ4n) is 2.08. The number of ether oxygens (including phenoxy) is 4. The monoisotopic (exact) mass is 322 g/mol. The average Bonchev–Trinajstić information content (AvgIpc) is 2.55. The van der Waals surface area contributed by atoms with Crippen LogP contribution in [-0.4, -0.2) is 33.6 Å². The molecule has 0 amide bonds. The highest BCUT2D eigenvalue weighted by Crippen LogP contribution is 2.32. The van der Waals surface area contributed by atoms with Gasteiger partial charge in [-0.3, -0.25) is 4.79 Å². The minimum atomic E-state index is -0.678. The zero-order chi connectivity index (χ0) is 17.0. The van der Waals surface area contributed by atoms with Crippen LogP contribution in [0.25, 0.3) is 11.0 Å². The standard InChI is InChI=1S/C16H18O7/c1-5-21-16(18)15-9(2)14(17)10-6-13(22-8-19-3)12(20-4)7-11(10)23-15/h6-7H,5,8H2,1-4H3. The van der Waals surface area contributed by atoms with Crippen LogP contribution < -0.4 is 14.9 Å². The molecule has 7 heteroatoms. The zero-order valence-corrected chi connectivity index (χ0v) is 13.4. The van der Waals surface area contributed by atoms with Gasteiger partial charge >= 0.3 is 5.97 Å². The van der Waals surface area contributed by atoms with Gasteiger partial charge in [0.05, 0.1) is 19.1 Å². The zero-order valence-electron chi connectivity index (χ0n) is 13.4. The van der Waals surface area contributed by atoms with E-state index < -0.39 is 5.97 Å². The normalized spacial score (nSPS) is 10.6. The lowest BCUT2D eigenvalue weighted by Gasteiger charge is -2.12. The van der Waals surface area contributed by atoms with Crippen LogP contribution in [0.5, 0.6) is 11.5 Å². The van der Waals surface area contributed by atoms with E-state index in [1.54, 1.807) is 6.92 Å². The topological polar surface area (TPSA) is 84.2 Å². The fraction of sp³-hybridized carbons (Fsp3) is 0.375. The molecule has 0 aliphatic heterocycles. The molecule has 23 heavy (non-hydrogen) atoms. The summed E-state index contributed by atoms with van der Waals surface area (Å²) in [5.74, 6) is -0.0894. The number of hydrogen-bond acceptors (Lipinski definition) is 7. The summed E-state index contributed by atoms with van der Waals surface area (Å²) in [5.41, 5.74) is 0.0586. The van der Waals surface area contributed by atoms with Crippen LogP contribution in [0.3, 0.4) is 0 Å². The molecule has 1 heterocycles. The predicted octanol–water partition coefficient (Wildman–Crippen LogP) is 2.27. The molecule has 0 bridgehead atoms. The Bertz CT molecular complexity index is 776. The number of esters is 1. The number of rotatable bonds is 6. The maximum Gasteiger partial charge on any atom is 0.374 e. The Hall–Kier alpha value is -2.54. The molecule has 0 aliphatic carbocycles. The maximum atomic E-state index is 12.5. The molecule has 0 atom stereocenters. The first-order valence-corrected chi connectivity index (χ1v) is 6.97. The molecule has 0 aliphatic rings. The molecule has 0 fully saturated rings. The van der Waals surface area contributed by atoms with Gasteiger partial charge in [-0.25, -0.2) is 4.79 Å². The van der Waals surface area contributed by atoms with Crippen LogP contribution in [0, 0.1) is 6.92 Å². The molecule has 1 aromatic heterocycles. The van der Waals surface area contributed by atoms with E-state index in [4.69, 9.17) is 23.4 Å². The van der Waals surface area contributed by atoms with Crippen molar-refractivity contribution in [1.82, 2.24) is 0 Å². The van der Waals surface area contributed by atoms with Crippen molar-refractivity contribution < 1.29 is 28.2 Å². The number of carbonyl (C=O) groups is 1. The van der Waals surface area contributed by atoms with E-state index in [0.29, 0.717) is 11.5 Å². The number of hydrogen-bond donors (Lipinski definition) is 0. The van der Waals surface area contributed by atoms with Gasteiger partial charge in [-0.05, 0) is 19.9 Å². The number of fused-ring (bicyclic) bond motifs is 1. The smallest absolute Gasteiger partial charge is 0.374 e. The largest absolute Gasteiger partial charge is 0.493 e. The van der Waals surface area contributed by atoms with Gasteiger partial charge in [0.1, 0.15) is 5.58 Å². The Morgan fingerprint density at radius 3 is 2.57 bits per heavy atom. The first-order valence-electron chi connectivity index (χ1n) is 6.97. The lowest BCUT2D eigenvalue weighted by atomic mass is 10.1. The Morgan fingerprint density at radius 1 is 1.22 bits per heavy atom. The summed E-state index contributed by atoms with van der Waals surface area (Å²) in [6, 6.07) is 2.99. The third kappa shape index (κ3) is 3.29. The summed E-state index contributed by atoms with van der Waals surface area (Å²) in [6.07, 6.45) is 0. The minimum Gasteiger partial charge on any atom is -0.493 e. The minimum absolute atomic E-state index is 0.00704. The van der Waals surface area contributed by atoms with Gasteiger partial charge in [0.2, 0.25) is 5.76 Å². The molecule has 1 aromatic carbocycles. The van der Waals surface area contributed by atoms with Gasteiger partial charge < -0.3 is 23.4 Å². The van der Waals surface area contributed by atoms with Crippen molar-refractivity contribution in [2.75, 3.05) is 27.6 Å². The van der Waals surface area contributed by atoms with Gasteiger partial charge in [0.15, 0.2) is 23.7 Å². The quantitative estimate of drug-likeness (QED) is 0.596. The van der Waals surface area contributed by atoms with E-state index >= 15 is 0 Å². The van der Waals surface area contributed by atoms with Crippen molar-refractivity contribution in [3.8, 4) is 11.5 Å². The van der Waals surface area contributed by atoms with Crippen molar-refractivity contribution in [1.29, 1.82) is 0 Å². The Labute approximate surface area is 132 Å². The second-order valence-electron chi connectivity index (χ2n) is 4.66. The first kappa shape index (κ1) is 16.8. The SMILES string of the molecule is CCOC(=O)c1oc2cc(OC)c(OCOC)cc2c(=O)c1C. The summed E-state index contributed by atoms with van der Waals surface area (Å²) >= 11 is 0. The summed E-state index contributed by atoms with van der Waals surface area (Å²) in [6.45, 7) is 3.38. The van der Waals surface area contributed by atoms with Crippen LogP contribution in [0.4, 0.5) is 0 Å². The van der Waals surface area contributed by atoms with E-state index in [-0.39, 0.29) is 41.1 Å². The van der Waals surface area contributed by atoms with E-state index in [1.807, 2.05) is 0 Å². The van der Waals surface area contributed by atoms with Crippen molar-refractivity contribution in [2.24, 2.45) is 0 Å². The van der Waals surface area contributed by atoms with Gasteiger partial charge in [-0.1, -0.05) is 0 Å². The van der Waals surface area contributed by atoms with Gasteiger partial charge in [-0.15, -0.1) is 0 Å². The van der Waals surface area contributed by atoms with E-state index in [1.165, 1.54) is 33.3 Å². The highest BCUT2D eigenvalue weighted by atomic mass is 16.7. The molecule has 7 nitrogen and oxygen atoms in total. The van der Waals surface area contributed by atoms with E-state index in [9.17, 15) is 9.59 Å². The average molecular weight is 322 g/mol. The maximum absolute atomic E-state index is 12.5. The molecular formula is C16H18O7. The molecule has 0 N–H and O–H groups in total. The molecule has 2 rings (SSSR count). The van der Waals surface area contributed by atoms with Crippen LogP contribution in [-0.2, 0) is 9.47 Å². The molecule has 0 radical (unpaired) electrons. The molecule has 0 unspecified atom stereocenters. The van der Waals surface area contributed by atoms with Crippen molar-refractivity contribution >= 4 is 16.9 Å². The van der Waals surface area contributed by atoms with Crippen LogP contribution in [0.2, 0.25) is 0 Å². The summed E-state index contributed by atoms with van der Waals surface area (Å²) in [5, 5.41) is 0.280. The van der Waals surface area contributed by atoms with Gasteiger partial charge in [-0.2, -0.15) is 0 Å². The second-order valence-corrected chi connectivity index (χ2v) is 4.66. The molecule has 0 spiro atoms. The van der Waals surface area contributed by atoms with Gasteiger partial charge in [0.25, 0.3) is 0 Å².